The molecule has 0 amide bonds. The number of hydrogen-bond acceptors (Lipinski definition) is 1. The summed E-state index contributed by atoms with van der Waals surface area (Å²) in [6, 6.07) is 16.4. The third-order valence-corrected chi connectivity index (χ3v) is 4.03. The second-order valence-corrected chi connectivity index (χ2v) is 5.77. The molecule has 0 aliphatic heterocycles. The standard InChI is InChI=1S/C18H20FN/c1-13(10-14-6-8-17(19)9-7-14)20-18-11-15-4-2-3-5-16(15)12-18/h2-9,13,18,20H,10-12H2,1H3. The van der Waals surface area contributed by atoms with Crippen molar-refractivity contribution in [2.24, 2.45) is 0 Å². The van der Waals surface area contributed by atoms with E-state index in [1.54, 1.807) is 0 Å². The lowest BCUT2D eigenvalue weighted by atomic mass is 10.1. The van der Waals surface area contributed by atoms with E-state index in [1.807, 2.05) is 12.1 Å². The van der Waals surface area contributed by atoms with Crippen LogP contribution < -0.4 is 5.32 Å². The Balaban J connectivity index is 1.55. The lowest BCUT2D eigenvalue weighted by molar-refractivity contribution is 0.453. The zero-order chi connectivity index (χ0) is 13.9. The van der Waals surface area contributed by atoms with Crippen molar-refractivity contribution in [3.63, 3.8) is 0 Å². The van der Waals surface area contributed by atoms with Crippen LogP contribution in [0.1, 0.15) is 23.6 Å². The highest BCUT2D eigenvalue weighted by molar-refractivity contribution is 5.33. The quantitative estimate of drug-likeness (QED) is 0.895. The molecule has 0 heterocycles. The predicted molar refractivity (Wildman–Crippen MR) is 80.3 cm³/mol. The summed E-state index contributed by atoms with van der Waals surface area (Å²) in [7, 11) is 0. The SMILES string of the molecule is CC(Cc1ccc(F)cc1)NC1Cc2ccccc2C1. The Hall–Kier alpha value is -1.67. The molecule has 3 rings (SSSR count). The van der Waals surface area contributed by atoms with Gasteiger partial charge >= 0.3 is 0 Å². The highest BCUT2D eigenvalue weighted by atomic mass is 19.1. The van der Waals surface area contributed by atoms with Crippen molar-refractivity contribution in [1.29, 1.82) is 0 Å². The largest absolute Gasteiger partial charge is 0.311 e. The number of benzene rings is 2. The number of hydrogen-bond donors (Lipinski definition) is 1. The van der Waals surface area contributed by atoms with Gasteiger partial charge in [-0.15, -0.1) is 0 Å². The topological polar surface area (TPSA) is 12.0 Å². The minimum Gasteiger partial charge on any atom is -0.311 e. The Morgan fingerprint density at radius 3 is 2.25 bits per heavy atom. The second-order valence-electron chi connectivity index (χ2n) is 5.77. The van der Waals surface area contributed by atoms with Gasteiger partial charge in [0.15, 0.2) is 0 Å². The van der Waals surface area contributed by atoms with Crippen LogP contribution in [-0.4, -0.2) is 12.1 Å². The summed E-state index contributed by atoms with van der Waals surface area (Å²) in [6.07, 6.45) is 3.17. The van der Waals surface area contributed by atoms with Crippen LogP contribution in [0.15, 0.2) is 48.5 Å². The Labute approximate surface area is 119 Å². The summed E-state index contributed by atoms with van der Waals surface area (Å²) in [5.41, 5.74) is 4.12. The molecular formula is C18H20FN. The van der Waals surface area contributed by atoms with Crippen LogP contribution in [-0.2, 0) is 19.3 Å². The van der Waals surface area contributed by atoms with Crippen molar-refractivity contribution in [3.8, 4) is 0 Å². The highest BCUT2D eigenvalue weighted by Gasteiger charge is 2.21. The highest BCUT2D eigenvalue weighted by Crippen LogP contribution is 2.22. The van der Waals surface area contributed by atoms with Gasteiger partial charge in [-0.05, 0) is 55.0 Å². The minimum atomic E-state index is -0.166. The van der Waals surface area contributed by atoms with Crippen molar-refractivity contribution in [1.82, 2.24) is 5.32 Å². The molecule has 0 aromatic heterocycles. The fraction of sp³-hybridized carbons (Fsp3) is 0.333. The summed E-state index contributed by atoms with van der Waals surface area (Å²) in [5, 5.41) is 3.70. The van der Waals surface area contributed by atoms with E-state index < -0.39 is 0 Å². The number of fused-ring (bicyclic) bond motifs is 1. The summed E-state index contributed by atoms with van der Waals surface area (Å²) in [4.78, 5) is 0. The third kappa shape index (κ3) is 3.07. The first-order chi connectivity index (χ1) is 9.70. The van der Waals surface area contributed by atoms with Gasteiger partial charge in [0.1, 0.15) is 5.82 Å². The lowest BCUT2D eigenvalue weighted by Gasteiger charge is -2.19. The normalized spacial score (nSPS) is 16.1. The molecule has 0 saturated heterocycles. The van der Waals surface area contributed by atoms with Crippen molar-refractivity contribution in [3.05, 3.63) is 71.0 Å². The molecule has 0 fully saturated rings. The fourth-order valence-electron chi connectivity index (χ4n) is 3.11. The van der Waals surface area contributed by atoms with Gasteiger partial charge < -0.3 is 5.32 Å². The summed E-state index contributed by atoms with van der Waals surface area (Å²) in [5.74, 6) is -0.166. The third-order valence-electron chi connectivity index (χ3n) is 4.03. The van der Waals surface area contributed by atoms with E-state index in [-0.39, 0.29) is 5.82 Å². The Morgan fingerprint density at radius 1 is 1.05 bits per heavy atom. The molecule has 1 atom stereocenters. The van der Waals surface area contributed by atoms with Gasteiger partial charge in [-0.3, -0.25) is 0 Å². The number of nitrogens with one attached hydrogen (secondary N) is 1. The molecule has 20 heavy (non-hydrogen) atoms. The minimum absolute atomic E-state index is 0.166. The van der Waals surface area contributed by atoms with Gasteiger partial charge in [0.05, 0.1) is 0 Å². The zero-order valence-electron chi connectivity index (χ0n) is 11.8. The van der Waals surface area contributed by atoms with Gasteiger partial charge in [0, 0.05) is 12.1 Å². The molecule has 0 bridgehead atoms. The Bertz CT molecular complexity index is 551. The van der Waals surface area contributed by atoms with Crippen LogP contribution >= 0.6 is 0 Å². The Kier molecular flexibility index (Phi) is 3.83. The van der Waals surface area contributed by atoms with E-state index in [0.29, 0.717) is 12.1 Å². The maximum atomic E-state index is 12.9. The molecule has 2 aromatic rings. The predicted octanol–water partition coefficient (Wildman–Crippen LogP) is 3.51. The first-order valence-electron chi connectivity index (χ1n) is 7.28. The molecule has 0 radical (unpaired) electrons. The van der Waals surface area contributed by atoms with Crippen LogP contribution in [0.2, 0.25) is 0 Å². The molecule has 2 aromatic carbocycles. The monoisotopic (exact) mass is 269 g/mol. The molecule has 1 N–H and O–H groups in total. The molecule has 104 valence electrons. The average Bonchev–Trinajstić information content (AvgIpc) is 2.83. The maximum absolute atomic E-state index is 12.9. The van der Waals surface area contributed by atoms with E-state index in [4.69, 9.17) is 0 Å². The summed E-state index contributed by atoms with van der Waals surface area (Å²) < 4.78 is 12.9. The van der Waals surface area contributed by atoms with Crippen LogP contribution in [0.25, 0.3) is 0 Å². The summed E-state index contributed by atoms with van der Waals surface area (Å²) in [6.45, 7) is 2.20. The summed E-state index contributed by atoms with van der Waals surface area (Å²) >= 11 is 0. The van der Waals surface area contributed by atoms with Crippen molar-refractivity contribution in [2.45, 2.75) is 38.3 Å². The van der Waals surface area contributed by atoms with Crippen LogP contribution in [0.4, 0.5) is 4.39 Å². The van der Waals surface area contributed by atoms with E-state index >= 15 is 0 Å². The molecule has 0 saturated carbocycles. The van der Waals surface area contributed by atoms with Gasteiger partial charge in [0.2, 0.25) is 0 Å². The second kappa shape index (κ2) is 5.76. The van der Waals surface area contributed by atoms with Gasteiger partial charge in [-0.25, -0.2) is 4.39 Å². The maximum Gasteiger partial charge on any atom is 0.123 e. The molecule has 2 heteroatoms. The van der Waals surface area contributed by atoms with Crippen LogP contribution in [0.5, 0.6) is 0 Å². The smallest absolute Gasteiger partial charge is 0.123 e. The molecule has 0 spiro atoms. The molecule has 1 aliphatic carbocycles. The van der Waals surface area contributed by atoms with E-state index in [2.05, 4.69) is 36.5 Å². The van der Waals surface area contributed by atoms with Crippen LogP contribution in [0.3, 0.4) is 0 Å². The van der Waals surface area contributed by atoms with E-state index in [0.717, 1.165) is 19.3 Å². The number of halogens is 1. The lowest BCUT2D eigenvalue weighted by Crippen LogP contribution is -2.38. The van der Waals surface area contributed by atoms with Crippen LogP contribution in [0, 0.1) is 5.82 Å². The average molecular weight is 269 g/mol. The zero-order valence-corrected chi connectivity index (χ0v) is 11.8. The van der Waals surface area contributed by atoms with E-state index in [1.165, 1.54) is 28.8 Å². The molecule has 1 nitrogen and oxygen atoms in total. The molecule has 1 aliphatic rings. The number of rotatable bonds is 4. The molecule has 1 unspecified atom stereocenters. The van der Waals surface area contributed by atoms with Crippen molar-refractivity contribution in [2.75, 3.05) is 0 Å². The first-order valence-corrected chi connectivity index (χ1v) is 7.28. The van der Waals surface area contributed by atoms with Gasteiger partial charge in [0.25, 0.3) is 0 Å². The van der Waals surface area contributed by atoms with Gasteiger partial charge in [-0.2, -0.15) is 0 Å². The van der Waals surface area contributed by atoms with Crippen molar-refractivity contribution >= 4 is 0 Å². The first kappa shape index (κ1) is 13.3. The molecular weight excluding hydrogens is 249 g/mol. The van der Waals surface area contributed by atoms with Crippen molar-refractivity contribution < 1.29 is 4.39 Å². The van der Waals surface area contributed by atoms with E-state index in [9.17, 15) is 4.39 Å². The fourth-order valence-corrected chi connectivity index (χ4v) is 3.11. The van der Waals surface area contributed by atoms with Gasteiger partial charge in [-0.1, -0.05) is 36.4 Å². The Morgan fingerprint density at radius 2 is 1.65 bits per heavy atom.